The number of phenolic OH excluding ortho intramolecular Hbond substituents is 1. The van der Waals surface area contributed by atoms with Gasteiger partial charge in [-0.2, -0.15) is 0 Å². The highest BCUT2D eigenvalue weighted by molar-refractivity contribution is 7.46. The Balaban J connectivity index is 1.50. The van der Waals surface area contributed by atoms with Gasteiger partial charge in [0.05, 0.1) is 30.6 Å². The summed E-state index contributed by atoms with van der Waals surface area (Å²) in [6, 6.07) is 7.57. The number of aromatic hydroxyl groups is 1. The number of cyclic esters (lactones) is 2. The third-order valence-corrected chi connectivity index (χ3v) is 5.97. The maximum Gasteiger partial charge on any atom is 0.469 e. The van der Waals surface area contributed by atoms with Crippen molar-refractivity contribution in [3.63, 3.8) is 0 Å². The van der Waals surface area contributed by atoms with Gasteiger partial charge in [-0.15, -0.1) is 0 Å². The molecule has 2 fully saturated rings. The van der Waals surface area contributed by atoms with Gasteiger partial charge in [0.1, 0.15) is 11.9 Å². The Morgan fingerprint density at radius 1 is 1.15 bits per heavy atom. The van der Waals surface area contributed by atoms with Crippen LogP contribution in [0.15, 0.2) is 36.5 Å². The normalized spacial score (nSPS) is 23.1. The molecule has 0 unspecified atom stereocenters. The molecule has 0 saturated carbocycles. The average molecular weight is 479 g/mol. The Bertz CT molecular complexity index is 1120. The van der Waals surface area contributed by atoms with Crippen LogP contribution in [0.3, 0.4) is 0 Å². The van der Waals surface area contributed by atoms with Crippen molar-refractivity contribution in [1.29, 1.82) is 0 Å². The molecule has 2 saturated heterocycles. The molecule has 0 aliphatic carbocycles. The van der Waals surface area contributed by atoms with Crippen LogP contribution in [-0.4, -0.2) is 69.3 Å². The molecule has 4 rings (SSSR count). The van der Waals surface area contributed by atoms with Gasteiger partial charge in [-0.1, -0.05) is 12.1 Å². The molecule has 1 aromatic carbocycles. The molecule has 3 atom stereocenters. The molecule has 2 aliphatic heterocycles. The smallest absolute Gasteiger partial charge is 0.469 e. The molecule has 3 heterocycles. The predicted octanol–water partition coefficient (Wildman–Crippen LogP) is 2.40. The molecule has 176 valence electrons. The molecule has 2 amide bonds. The van der Waals surface area contributed by atoms with Gasteiger partial charge >= 0.3 is 20.0 Å². The van der Waals surface area contributed by atoms with Gasteiger partial charge in [0.15, 0.2) is 6.10 Å². The number of ether oxygens (including phenoxy) is 2. The molecule has 2 aromatic rings. The number of phosphoric acid groups is 1. The summed E-state index contributed by atoms with van der Waals surface area (Å²) >= 11 is 0. The number of carbonyl (C=O) groups is 2. The van der Waals surface area contributed by atoms with E-state index in [9.17, 15) is 19.3 Å². The number of hydrogen-bond donors (Lipinski definition) is 3. The average Bonchev–Trinajstić information content (AvgIpc) is 3.24. The molecular weight excluding hydrogens is 457 g/mol. The Kier molecular flexibility index (Phi) is 6.02. The van der Waals surface area contributed by atoms with Crippen molar-refractivity contribution in [3.8, 4) is 16.9 Å². The highest BCUT2D eigenvalue weighted by atomic mass is 31.2. The van der Waals surface area contributed by atoms with Gasteiger partial charge in [-0.25, -0.2) is 14.2 Å². The quantitative estimate of drug-likeness (QED) is 0.525. The van der Waals surface area contributed by atoms with E-state index < -0.39 is 44.9 Å². The number of phosphoric ester groups is 1. The highest BCUT2D eigenvalue weighted by Gasteiger charge is 2.42. The lowest BCUT2D eigenvalue weighted by molar-refractivity contribution is 0.0782. The number of carbonyl (C=O) groups excluding carboxylic acids is 2. The summed E-state index contributed by atoms with van der Waals surface area (Å²) in [4.78, 5) is 48.6. The van der Waals surface area contributed by atoms with Crippen LogP contribution in [0.2, 0.25) is 0 Å². The minimum atomic E-state index is -4.72. The lowest BCUT2D eigenvalue weighted by Crippen LogP contribution is -2.35. The Morgan fingerprint density at radius 3 is 2.45 bits per heavy atom. The van der Waals surface area contributed by atoms with Crippen LogP contribution in [0, 0.1) is 0 Å². The van der Waals surface area contributed by atoms with Crippen LogP contribution >= 0.6 is 7.82 Å². The lowest BCUT2D eigenvalue weighted by Gasteiger charge is -2.22. The standard InChI is InChI=1S/C20H22N3O9P/c1-11-18(10-30-33(27,28)29)32-20(26)23(11)15-6-4-12(7-16(15)24)13-3-5-14(21-8-13)17-9-22(2)19(25)31-17/h3-8,11,17-18,24H,9-10H2,1-2H3,(H2,27,28,29)/t11-,17-,18-/m0/s1. The molecule has 1 aromatic heterocycles. The van der Waals surface area contributed by atoms with Crippen LogP contribution in [0.1, 0.15) is 18.7 Å². The van der Waals surface area contributed by atoms with Crippen molar-refractivity contribution in [1.82, 2.24) is 9.88 Å². The SMILES string of the molecule is C[C@H]1[C@H](COP(=O)(O)O)OC(=O)N1c1ccc(-c2ccc([C@@H]3CN(C)C(=O)O3)nc2)cc1O. The maximum atomic E-state index is 12.3. The number of rotatable bonds is 6. The third-order valence-electron chi connectivity index (χ3n) is 5.48. The molecule has 3 N–H and O–H groups in total. The first-order chi connectivity index (χ1) is 15.5. The number of likely N-dealkylation sites (N-methyl/N-ethyl adjacent to an activating group) is 1. The van der Waals surface area contributed by atoms with Crippen molar-refractivity contribution >= 4 is 25.7 Å². The van der Waals surface area contributed by atoms with Crippen molar-refractivity contribution in [2.45, 2.75) is 25.2 Å². The van der Waals surface area contributed by atoms with Gasteiger partial charge in [0.2, 0.25) is 0 Å². The van der Waals surface area contributed by atoms with Crippen molar-refractivity contribution in [2.75, 3.05) is 25.1 Å². The molecule has 0 spiro atoms. The minimum absolute atomic E-state index is 0.181. The Hall–Kier alpha value is -3.18. The first-order valence-corrected chi connectivity index (χ1v) is 11.5. The summed E-state index contributed by atoms with van der Waals surface area (Å²) in [7, 11) is -3.07. The van der Waals surface area contributed by atoms with Crippen LogP contribution < -0.4 is 4.90 Å². The summed E-state index contributed by atoms with van der Waals surface area (Å²) < 4.78 is 25.8. The summed E-state index contributed by atoms with van der Waals surface area (Å²) in [6.07, 6.45) is -0.955. The number of aromatic nitrogens is 1. The van der Waals surface area contributed by atoms with E-state index in [1.54, 1.807) is 38.4 Å². The largest absolute Gasteiger partial charge is 0.506 e. The number of pyridine rings is 1. The fourth-order valence-corrected chi connectivity index (χ4v) is 4.02. The first-order valence-electron chi connectivity index (χ1n) is 9.94. The van der Waals surface area contributed by atoms with E-state index >= 15 is 0 Å². The van der Waals surface area contributed by atoms with Crippen molar-refractivity contribution < 1.29 is 43.0 Å². The number of hydrogen-bond acceptors (Lipinski definition) is 8. The Labute approximate surface area is 188 Å². The first kappa shape index (κ1) is 23.0. The third kappa shape index (κ3) is 4.79. The number of anilines is 1. The molecule has 0 radical (unpaired) electrons. The fourth-order valence-electron chi connectivity index (χ4n) is 3.68. The van der Waals surface area contributed by atoms with Crippen LogP contribution in [0.4, 0.5) is 15.3 Å². The van der Waals surface area contributed by atoms with Crippen molar-refractivity contribution in [3.05, 3.63) is 42.2 Å². The zero-order valence-corrected chi connectivity index (χ0v) is 18.6. The van der Waals surface area contributed by atoms with Crippen LogP contribution in [0.25, 0.3) is 11.1 Å². The zero-order chi connectivity index (χ0) is 23.9. The minimum Gasteiger partial charge on any atom is -0.506 e. The van der Waals surface area contributed by atoms with Gasteiger partial charge in [0, 0.05) is 18.8 Å². The molecule has 0 bridgehead atoms. The van der Waals surface area contributed by atoms with E-state index in [1.807, 2.05) is 0 Å². The topological polar surface area (TPSA) is 159 Å². The maximum absolute atomic E-state index is 12.3. The van der Waals surface area contributed by atoms with Gasteiger partial charge < -0.3 is 29.3 Å². The van der Waals surface area contributed by atoms with Gasteiger partial charge in [0.25, 0.3) is 0 Å². The second kappa shape index (κ2) is 8.64. The van der Waals surface area contributed by atoms with E-state index in [0.29, 0.717) is 23.4 Å². The van der Waals surface area contributed by atoms with E-state index in [1.165, 1.54) is 21.9 Å². The monoisotopic (exact) mass is 479 g/mol. The van der Waals surface area contributed by atoms with E-state index in [2.05, 4.69) is 9.51 Å². The van der Waals surface area contributed by atoms with Gasteiger partial charge in [-0.3, -0.25) is 14.4 Å². The molecule has 33 heavy (non-hydrogen) atoms. The molecule has 12 nitrogen and oxygen atoms in total. The summed E-state index contributed by atoms with van der Waals surface area (Å²) in [5, 5.41) is 10.6. The van der Waals surface area contributed by atoms with Crippen molar-refractivity contribution in [2.24, 2.45) is 0 Å². The number of amides is 2. The lowest BCUT2D eigenvalue weighted by atomic mass is 10.0. The Morgan fingerprint density at radius 2 is 1.88 bits per heavy atom. The summed E-state index contributed by atoms with van der Waals surface area (Å²) in [5.74, 6) is -0.191. The fraction of sp³-hybridized carbons (Fsp3) is 0.350. The zero-order valence-electron chi connectivity index (χ0n) is 17.7. The summed E-state index contributed by atoms with van der Waals surface area (Å²) in [5.41, 5.74) is 2.12. The predicted molar refractivity (Wildman–Crippen MR) is 113 cm³/mol. The molecule has 13 heteroatoms. The van der Waals surface area contributed by atoms with E-state index in [-0.39, 0.29) is 11.4 Å². The van der Waals surface area contributed by atoms with E-state index in [0.717, 1.165) is 0 Å². The number of benzene rings is 1. The second-order valence-corrected chi connectivity index (χ2v) is 8.99. The molecular formula is C20H22N3O9P. The number of phenols is 1. The molecule has 2 aliphatic rings. The van der Waals surface area contributed by atoms with Crippen LogP contribution in [-0.2, 0) is 18.6 Å². The second-order valence-electron chi connectivity index (χ2n) is 7.75. The van der Waals surface area contributed by atoms with Crippen LogP contribution in [0.5, 0.6) is 5.75 Å². The number of nitrogens with zero attached hydrogens (tertiary/aromatic N) is 3. The highest BCUT2D eigenvalue weighted by Crippen LogP contribution is 2.40. The van der Waals surface area contributed by atoms with E-state index in [4.69, 9.17) is 19.3 Å². The van der Waals surface area contributed by atoms with Gasteiger partial charge in [-0.05, 0) is 30.7 Å². The summed E-state index contributed by atoms with van der Waals surface area (Å²) in [6.45, 7) is 1.53.